The van der Waals surface area contributed by atoms with E-state index in [4.69, 9.17) is 18.9 Å². The van der Waals surface area contributed by atoms with Crippen LogP contribution in [0.5, 0.6) is 11.5 Å². The highest BCUT2D eigenvalue weighted by Gasteiger charge is 2.23. The lowest BCUT2D eigenvalue weighted by atomic mass is 9.78. The fourth-order valence-electron chi connectivity index (χ4n) is 3.30. The Hall–Kier alpha value is -3.80. The molecule has 0 saturated carbocycles. The van der Waals surface area contributed by atoms with Crippen LogP contribution in [0.2, 0.25) is 0 Å². The molecule has 6 nitrogen and oxygen atoms in total. The molecule has 0 spiro atoms. The van der Waals surface area contributed by atoms with E-state index in [9.17, 15) is 9.59 Å². The molecule has 0 heterocycles. The van der Waals surface area contributed by atoms with Gasteiger partial charge in [-0.05, 0) is 46.5 Å². The SMILES string of the molecule is COc1ccc(C(C)(C)c2ccc(OC(=O)OCc3ccc(COC(C)=O)cc3)cc2)cc1. The highest BCUT2D eigenvalue weighted by Crippen LogP contribution is 2.33. The summed E-state index contributed by atoms with van der Waals surface area (Å²) in [6.45, 7) is 5.93. The Labute approximate surface area is 194 Å². The highest BCUT2D eigenvalue weighted by atomic mass is 16.7. The van der Waals surface area contributed by atoms with Gasteiger partial charge in [0.05, 0.1) is 7.11 Å². The summed E-state index contributed by atoms with van der Waals surface area (Å²) in [5, 5.41) is 0. The summed E-state index contributed by atoms with van der Waals surface area (Å²) in [4.78, 5) is 22.9. The maximum Gasteiger partial charge on any atom is 0.514 e. The van der Waals surface area contributed by atoms with Crippen molar-refractivity contribution in [1.29, 1.82) is 0 Å². The minimum Gasteiger partial charge on any atom is -0.497 e. The molecule has 0 atom stereocenters. The van der Waals surface area contributed by atoms with Gasteiger partial charge in [-0.3, -0.25) is 4.79 Å². The first kappa shape index (κ1) is 23.9. The molecule has 3 aromatic carbocycles. The first-order valence-electron chi connectivity index (χ1n) is 10.6. The number of esters is 1. The third-order valence-corrected chi connectivity index (χ3v) is 5.41. The lowest BCUT2D eigenvalue weighted by Gasteiger charge is -2.26. The topological polar surface area (TPSA) is 71.1 Å². The van der Waals surface area contributed by atoms with Crippen molar-refractivity contribution >= 4 is 12.1 Å². The average Bonchev–Trinajstić information content (AvgIpc) is 2.82. The predicted molar refractivity (Wildman–Crippen MR) is 124 cm³/mol. The summed E-state index contributed by atoms with van der Waals surface area (Å²) >= 11 is 0. The van der Waals surface area contributed by atoms with Crippen LogP contribution in [0.25, 0.3) is 0 Å². The third kappa shape index (κ3) is 6.59. The van der Waals surface area contributed by atoms with Gasteiger partial charge in [0.1, 0.15) is 24.7 Å². The van der Waals surface area contributed by atoms with E-state index in [1.165, 1.54) is 6.92 Å². The smallest absolute Gasteiger partial charge is 0.497 e. The van der Waals surface area contributed by atoms with Crippen molar-refractivity contribution in [3.05, 3.63) is 95.1 Å². The molecule has 0 fully saturated rings. The Morgan fingerprint density at radius 2 is 1.15 bits per heavy atom. The number of carbonyl (C=O) groups is 2. The minimum atomic E-state index is -0.777. The average molecular weight is 449 g/mol. The van der Waals surface area contributed by atoms with Crippen LogP contribution in [0.3, 0.4) is 0 Å². The molecule has 33 heavy (non-hydrogen) atoms. The van der Waals surface area contributed by atoms with E-state index >= 15 is 0 Å². The molecule has 0 unspecified atom stereocenters. The number of ether oxygens (including phenoxy) is 4. The van der Waals surface area contributed by atoms with Crippen LogP contribution < -0.4 is 9.47 Å². The van der Waals surface area contributed by atoms with E-state index < -0.39 is 6.16 Å². The normalized spacial score (nSPS) is 10.9. The quantitative estimate of drug-likeness (QED) is 0.320. The molecule has 0 aromatic heterocycles. The standard InChI is InChI=1S/C27H28O6/c1-19(28)31-17-20-5-7-21(8-6-20)18-32-26(29)33-25-15-11-23(12-16-25)27(2,3)22-9-13-24(30-4)14-10-22/h5-16H,17-18H2,1-4H3. The van der Waals surface area contributed by atoms with Crippen LogP contribution in [0.15, 0.2) is 72.8 Å². The van der Waals surface area contributed by atoms with E-state index in [1.807, 2.05) is 60.7 Å². The van der Waals surface area contributed by atoms with Crippen LogP contribution in [0, 0.1) is 0 Å². The largest absolute Gasteiger partial charge is 0.514 e. The maximum absolute atomic E-state index is 12.1. The van der Waals surface area contributed by atoms with Gasteiger partial charge in [0, 0.05) is 12.3 Å². The third-order valence-electron chi connectivity index (χ3n) is 5.41. The van der Waals surface area contributed by atoms with Gasteiger partial charge in [0.15, 0.2) is 0 Å². The Morgan fingerprint density at radius 1 is 0.697 bits per heavy atom. The second kappa shape index (κ2) is 10.7. The molecule has 0 radical (unpaired) electrons. The van der Waals surface area contributed by atoms with Gasteiger partial charge in [-0.1, -0.05) is 62.4 Å². The number of hydrogen-bond acceptors (Lipinski definition) is 6. The molecular formula is C27H28O6. The van der Waals surface area contributed by atoms with Crippen molar-refractivity contribution in [2.45, 2.75) is 39.4 Å². The molecule has 0 aliphatic carbocycles. The molecule has 3 rings (SSSR count). The van der Waals surface area contributed by atoms with Crippen molar-refractivity contribution in [1.82, 2.24) is 0 Å². The van der Waals surface area contributed by atoms with Gasteiger partial charge in [0.2, 0.25) is 0 Å². The fourth-order valence-corrected chi connectivity index (χ4v) is 3.30. The van der Waals surface area contributed by atoms with Crippen LogP contribution >= 0.6 is 0 Å². The lowest BCUT2D eigenvalue weighted by molar-refractivity contribution is -0.142. The van der Waals surface area contributed by atoms with Crippen molar-refractivity contribution < 1.29 is 28.5 Å². The fraction of sp³-hybridized carbons (Fsp3) is 0.259. The van der Waals surface area contributed by atoms with E-state index in [0.717, 1.165) is 28.0 Å². The summed E-state index contributed by atoms with van der Waals surface area (Å²) in [5.74, 6) is 0.892. The number of methoxy groups -OCH3 is 1. The predicted octanol–water partition coefficient (Wildman–Crippen LogP) is 5.80. The van der Waals surface area contributed by atoms with Crippen molar-refractivity contribution in [3.63, 3.8) is 0 Å². The summed E-state index contributed by atoms with van der Waals surface area (Å²) < 4.78 is 20.7. The lowest BCUT2D eigenvalue weighted by Crippen LogP contribution is -2.18. The monoisotopic (exact) mass is 448 g/mol. The minimum absolute atomic E-state index is 0.0786. The number of hydrogen-bond donors (Lipinski definition) is 0. The summed E-state index contributed by atoms with van der Waals surface area (Å²) in [5.41, 5.74) is 3.66. The Bertz CT molecular complexity index is 1070. The van der Waals surface area contributed by atoms with Crippen LogP contribution in [-0.2, 0) is 32.9 Å². The highest BCUT2D eigenvalue weighted by molar-refractivity contribution is 5.66. The van der Waals surface area contributed by atoms with E-state index in [-0.39, 0.29) is 24.6 Å². The zero-order valence-electron chi connectivity index (χ0n) is 19.3. The van der Waals surface area contributed by atoms with Gasteiger partial charge in [0.25, 0.3) is 0 Å². The molecule has 6 heteroatoms. The summed E-state index contributed by atoms with van der Waals surface area (Å²) in [6, 6.07) is 22.6. The van der Waals surface area contributed by atoms with E-state index in [2.05, 4.69) is 13.8 Å². The molecule has 0 saturated heterocycles. The van der Waals surface area contributed by atoms with Gasteiger partial charge in [-0.25, -0.2) is 4.79 Å². The molecule has 0 N–H and O–H groups in total. The van der Waals surface area contributed by atoms with Crippen LogP contribution in [0.1, 0.15) is 43.0 Å². The maximum atomic E-state index is 12.1. The molecule has 3 aromatic rings. The number of carbonyl (C=O) groups excluding carboxylic acids is 2. The molecule has 0 aliphatic rings. The Balaban J connectivity index is 1.53. The van der Waals surface area contributed by atoms with Gasteiger partial charge in [-0.15, -0.1) is 0 Å². The summed E-state index contributed by atoms with van der Waals surface area (Å²) in [6.07, 6.45) is -0.777. The molecule has 172 valence electrons. The first-order valence-corrected chi connectivity index (χ1v) is 10.6. The van der Waals surface area contributed by atoms with Crippen molar-refractivity contribution in [2.24, 2.45) is 0 Å². The van der Waals surface area contributed by atoms with Gasteiger partial charge in [-0.2, -0.15) is 0 Å². The van der Waals surface area contributed by atoms with E-state index in [1.54, 1.807) is 19.2 Å². The molecule has 0 bridgehead atoms. The number of rotatable bonds is 8. The van der Waals surface area contributed by atoms with Gasteiger partial charge < -0.3 is 18.9 Å². The second-order valence-electron chi connectivity index (χ2n) is 8.12. The summed E-state index contributed by atoms with van der Waals surface area (Å²) in [7, 11) is 1.65. The van der Waals surface area contributed by atoms with Crippen LogP contribution in [-0.4, -0.2) is 19.2 Å². The second-order valence-corrected chi connectivity index (χ2v) is 8.12. The molecular weight excluding hydrogens is 420 g/mol. The van der Waals surface area contributed by atoms with Crippen LogP contribution in [0.4, 0.5) is 4.79 Å². The van der Waals surface area contributed by atoms with Crippen molar-refractivity contribution in [3.8, 4) is 11.5 Å². The zero-order valence-corrected chi connectivity index (χ0v) is 19.3. The first-order chi connectivity index (χ1) is 15.8. The zero-order chi connectivity index (χ0) is 23.8. The molecule has 0 aliphatic heterocycles. The Kier molecular flexibility index (Phi) is 7.72. The number of benzene rings is 3. The van der Waals surface area contributed by atoms with E-state index in [0.29, 0.717) is 5.75 Å². The Morgan fingerprint density at radius 3 is 1.61 bits per heavy atom. The van der Waals surface area contributed by atoms with Gasteiger partial charge >= 0.3 is 12.1 Å². The molecule has 0 amide bonds. The van der Waals surface area contributed by atoms with Crippen molar-refractivity contribution in [2.75, 3.05) is 7.11 Å².